The molecule has 1 atom stereocenters. The van der Waals surface area contributed by atoms with E-state index in [1.54, 1.807) is 0 Å². The summed E-state index contributed by atoms with van der Waals surface area (Å²) in [7, 11) is 0. The summed E-state index contributed by atoms with van der Waals surface area (Å²) >= 11 is 0. The minimum absolute atomic E-state index is 0.0440. The molecule has 0 saturated heterocycles. The Labute approximate surface area is 114 Å². The van der Waals surface area contributed by atoms with Crippen LogP contribution >= 0.6 is 0 Å². The SMILES string of the molecule is CCCc1c(NCC)ncnc1NC(C)CC(N)=O. The van der Waals surface area contributed by atoms with E-state index < -0.39 is 0 Å². The molecule has 1 aromatic heterocycles. The van der Waals surface area contributed by atoms with Gasteiger partial charge in [0.2, 0.25) is 5.91 Å². The molecule has 1 aromatic rings. The Kier molecular flexibility index (Phi) is 6.05. The molecule has 0 saturated carbocycles. The third-order valence-corrected chi connectivity index (χ3v) is 2.68. The van der Waals surface area contributed by atoms with Gasteiger partial charge in [0.05, 0.1) is 0 Å². The fourth-order valence-electron chi connectivity index (χ4n) is 1.93. The Hall–Kier alpha value is -1.85. The number of nitrogens with zero attached hydrogens (tertiary/aromatic N) is 2. The van der Waals surface area contributed by atoms with Gasteiger partial charge in [-0.05, 0) is 20.3 Å². The van der Waals surface area contributed by atoms with Crippen molar-refractivity contribution in [3.05, 3.63) is 11.9 Å². The number of amides is 1. The summed E-state index contributed by atoms with van der Waals surface area (Å²) in [5.41, 5.74) is 6.26. The van der Waals surface area contributed by atoms with Crippen LogP contribution in [0.15, 0.2) is 6.33 Å². The Morgan fingerprint density at radius 3 is 2.63 bits per heavy atom. The van der Waals surface area contributed by atoms with Crippen LogP contribution in [0.1, 0.15) is 39.2 Å². The maximum Gasteiger partial charge on any atom is 0.219 e. The molecule has 0 fully saturated rings. The molecular weight excluding hydrogens is 242 g/mol. The first-order chi connectivity index (χ1) is 9.08. The number of carbonyl (C=O) groups excluding carboxylic acids is 1. The monoisotopic (exact) mass is 265 g/mol. The van der Waals surface area contributed by atoms with Crippen molar-refractivity contribution in [3.63, 3.8) is 0 Å². The zero-order valence-electron chi connectivity index (χ0n) is 11.9. The molecule has 4 N–H and O–H groups in total. The number of nitrogens with one attached hydrogen (secondary N) is 2. The molecule has 19 heavy (non-hydrogen) atoms. The van der Waals surface area contributed by atoms with Gasteiger partial charge in [-0.1, -0.05) is 13.3 Å². The molecular formula is C13H23N5O. The maximum absolute atomic E-state index is 10.9. The Bertz CT molecular complexity index is 421. The quantitative estimate of drug-likeness (QED) is 0.663. The van der Waals surface area contributed by atoms with E-state index in [-0.39, 0.29) is 18.4 Å². The third-order valence-electron chi connectivity index (χ3n) is 2.68. The molecule has 0 spiro atoms. The number of carbonyl (C=O) groups is 1. The standard InChI is InChI=1S/C13H23N5O/c1-4-6-10-12(15-5-2)16-8-17-13(10)18-9(3)7-11(14)19/h8-9H,4-7H2,1-3H3,(H2,14,19)(H2,15,16,17,18). The highest BCUT2D eigenvalue weighted by Crippen LogP contribution is 2.22. The normalized spacial score (nSPS) is 11.9. The summed E-state index contributed by atoms with van der Waals surface area (Å²) in [6, 6.07) is -0.0440. The molecule has 1 amide bonds. The number of nitrogens with two attached hydrogens (primary N) is 1. The predicted octanol–water partition coefficient (Wildman–Crippen LogP) is 1.54. The lowest BCUT2D eigenvalue weighted by molar-refractivity contribution is -0.118. The Morgan fingerprint density at radius 1 is 1.37 bits per heavy atom. The van der Waals surface area contributed by atoms with Gasteiger partial charge in [-0.25, -0.2) is 9.97 Å². The van der Waals surface area contributed by atoms with Crippen molar-refractivity contribution in [2.45, 2.75) is 46.1 Å². The molecule has 6 heteroatoms. The third kappa shape index (κ3) is 4.73. The highest BCUT2D eigenvalue weighted by atomic mass is 16.1. The van der Waals surface area contributed by atoms with Gasteiger partial charge in [0.1, 0.15) is 18.0 Å². The van der Waals surface area contributed by atoms with E-state index in [1.807, 2.05) is 13.8 Å². The van der Waals surface area contributed by atoms with Crippen molar-refractivity contribution < 1.29 is 4.79 Å². The molecule has 0 aliphatic heterocycles. The van der Waals surface area contributed by atoms with E-state index >= 15 is 0 Å². The number of anilines is 2. The van der Waals surface area contributed by atoms with Crippen LogP contribution in [0.3, 0.4) is 0 Å². The van der Waals surface area contributed by atoms with Crippen LogP contribution in [0.5, 0.6) is 0 Å². The first-order valence-corrected chi connectivity index (χ1v) is 6.71. The molecule has 6 nitrogen and oxygen atoms in total. The molecule has 0 bridgehead atoms. The number of aromatic nitrogens is 2. The lowest BCUT2D eigenvalue weighted by Gasteiger charge is -2.18. The van der Waals surface area contributed by atoms with Crippen LogP contribution in [0, 0.1) is 0 Å². The minimum Gasteiger partial charge on any atom is -0.370 e. The average Bonchev–Trinajstić information content (AvgIpc) is 2.32. The van der Waals surface area contributed by atoms with Gasteiger partial charge < -0.3 is 16.4 Å². The first kappa shape index (κ1) is 15.2. The van der Waals surface area contributed by atoms with Gasteiger partial charge in [-0.2, -0.15) is 0 Å². The lowest BCUT2D eigenvalue weighted by atomic mass is 10.1. The van der Waals surface area contributed by atoms with Gasteiger partial charge in [0.25, 0.3) is 0 Å². The molecule has 106 valence electrons. The van der Waals surface area contributed by atoms with Crippen molar-refractivity contribution in [3.8, 4) is 0 Å². The van der Waals surface area contributed by atoms with Crippen LogP contribution in [0.4, 0.5) is 11.6 Å². The second-order valence-electron chi connectivity index (χ2n) is 4.55. The van der Waals surface area contributed by atoms with E-state index in [9.17, 15) is 4.79 Å². The molecule has 0 radical (unpaired) electrons. The van der Waals surface area contributed by atoms with Gasteiger partial charge in [-0.3, -0.25) is 4.79 Å². The molecule has 0 aliphatic carbocycles. The van der Waals surface area contributed by atoms with Crippen molar-refractivity contribution in [1.29, 1.82) is 0 Å². The smallest absolute Gasteiger partial charge is 0.219 e. The van der Waals surface area contributed by atoms with E-state index in [0.29, 0.717) is 0 Å². The number of hydrogen-bond acceptors (Lipinski definition) is 5. The molecule has 0 aromatic carbocycles. The average molecular weight is 265 g/mol. The number of rotatable bonds is 8. The van der Waals surface area contributed by atoms with E-state index in [4.69, 9.17) is 5.73 Å². The zero-order valence-corrected chi connectivity index (χ0v) is 11.9. The fraction of sp³-hybridized carbons (Fsp3) is 0.615. The lowest BCUT2D eigenvalue weighted by Crippen LogP contribution is -2.25. The van der Waals surface area contributed by atoms with Gasteiger partial charge in [-0.15, -0.1) is 0 Å². The first-order valence-electron chi connectivity index (χ1n) is 6.71. The van der Waals surface area contributed by atoms with Crippen molar-refractivity contribution >= 4 is 17.5 Å². The van der Waals surface area contributed by atoms with E-state index in [1.165, 1.54) is 6.33 Å². The molecule has 1 heterocycles. The summed E-state index contributed by atoms with van der Waals surface area (Å²) in [4.78, 5) is 19.5. The van der Waals surface area contributed by atoms with E-state index in [0.717, 1.165) is 36.6 Å². The second-order valence-corrected chi connectivity index (χ2v) is 4.55. The molecule has 1 unspecified atom stereocenters. The van der Waals surface area contributed by atoms with Gasteiger partial charge >= 0.3 is 0 Å². The summed E-state index contributed by atoms with van der Waals surface area (Å²) < 4.78 is 0. The fourth-order valence-corrected chi connectivity index (χ4v) is 1.93. The Balaban J connectivity index is 2.91. The van der Waals surface area contributed by atoms with Crippen LogP contribution in [-0.2, 0) is 11.2 Å². The van der Waals surface area contributed by atoms with Crippen LogP contribution in [0.25, 0.3) is 0 Å². The summed E-state index contributed by atoms with van der Waals surface area (Å²) in [6.07, 6.45) is 3.70. The zero-order chi connectivity index (χ0) is 14.3. The summed E-state index contributed by atoms with van der Waals surface area (Å²) in [5.74, 6) is 1.31. The van der Waals surface area contributed by atoms with Crippen LogP contribution in [0.2, 0.25) is 0 Å². The summed E-state index contributed by atoms with van der Waals surface area (Å²) in [5, 5.41) is 6.47. The Morgan fingerprint density at radius 2 is 2.05 bits per heavy atom. The van der Waals surface area contributed by atoms with Gasteiger partial charge in [0, 0.05) is 24.6 Å². The number of primary amides is 1. The van der Waals surface area contributed by atoms with E-state index in [2.05, 4.69) is 27.5 Å². The largest absolute Gasteiger partial charge is 0.370 e. The van der Waals surface area contributed by atoms with Crippen LogP contribution in [-0.4, -0.2) is 28.5 Å². The van der Waals surface area contributed by atoms with Crippen molar-refractivity contribution in [2.75, 3.05) is 17.2 Å². The highest BCUT2D eigenvalue weighted by Gasteiger charge is 2.13. The van der Waals surface area contributed by atoms with Gasteiger partial charge in [0.15, 0.2) is 0 Å². The predicted molar refractivity (Wildman–Crippen MR) is 77.1 cm³/mol. The second kappa shape index (κ2) is 7.56. The maximum atomic E-state index is 10.9. The highest BCUT2D eigenvalue weighted by molar-refractivity contribution is 5.75. The topological polar surface area (TPSA) is 92.9 Å². The van der Waals surface area contributed by atoms with Crippen molar-refractivity contribution in [1.82, 2.24) is 9.97 Å². The molecule has 1 rings (SSSR count). The summed E-state index contributed by atoms with van der Waals surface area (Å²) in [6.45, 7) is 6.86. The minimum atomic E-state index is -0.321. The molecule has 0 aliphatic rings. The van der Waals surface area contributed by atoms with Crippen molar-refractivity contribution in [2.24, 2.45) is 5.73 Å². The van der Waals surface area contributed by atoms with Crippen LogP contribution < -0.4 is 16.4 Å². The number of hydrogen-bond donors (Lipinski definition) is 3.